The van der Waals surface area contributed by atoms with Gasteiger partial charge in [-0.05, 0) is 54.3 Å². The van der Waals surface area contributed by atoms with Crippen LogP contribution in [0.1, 0.15) is 20.8 Å². The Morgan fingerprint density at radius 2 is 1.70 bits per heavy atom. The molecule has 0 aliphatic heterocycles. The van der Waals surface area contributed by atoms with Crippen molar-refractivity contribution in [1.82, 2.24) is 5.32 Å². The molecule has 2 aromatic carbocycles. The number of carbonyl (C=O) groups excluding carboxylic acids is 2. The van der Waals surface area contributed by atoms with Crippen molar-refractivity contribution in [3.8, 4) is 0 Å². The molecule has 0 spiro atoms. The number of anilines is 1. The third kappa shape index (κ3) is 5.39. The minimum atomic E-state index is -0.383. The number of nitrogens with one attached hydrogen (secondary N) is 2. The summed E-state index contributed by atoms with van der Waals surface area (Å²) in [7, 11) is 0. The van der Waals surface area contributed by atoms with Crippen LogP contribution in [0.4, 0.5) is 5.69 Å². The minimum Gasteiger partial charge on any atom is -0.321 e. The lowest BCUT2D eigenvalue weighted by Crippen LogP contribution is -2.30. The molecule has 2 N–H and O–H groups in total. The molecule has 1 aromatic heterocycles. The summed E-state index contributed by atoms with van der Waals surface area (Å²) in [5.41, 5.74) is 2.75. The number of rotatable bonds is 5. The lowest BCUT2D eigenvalue weighted by Gasteiger charge is -2.11. The third-order valence-corrected chi connectivity index (χ3v) is 5.13. The lowest BCUT2D eigenvalue weighted by molar-refractivity contribution is -0.113. The monoisotopic (exact) mass is 440 g/mol. The molecule has 4 nitrogen and oxygen atoms in total. The highest BCUT2D eigenvalue weighted by Crippen LogP contribution is 2.16. The fraction of sp³-hybridized carbons (Fsp3) is 0.0476. The van der Waals surface area contributed by atoms with Gasteiger partial charge in [-0.25, -0.2) is 0 Å². The van der Waals surface area contributed by atoms with E-state index in [0.717, 1.165) is 15.6 Å². The van der Waals surface area contributed by atoms with Gasteiger partial charge in [0.1, 0.15) is 5.70 Å². The first-order valence-electron chi connectivity index (χ1n) is 8.21. The van der Waals surface area contributed by atoms with E-state index in [4.69, 9.17) is 0 Å². The predicted molar refractivity (Wildman–Crippen MR) is 114 cm³/mol. The number of hydrogen-bond donors (Lipinski definition) is 2. The molecule has 0 fully saturated rings. The molecule has 0 unspecified atom stereocenters. The highest BCUT2D eigenvalue weighted by Gasteiger charge is 2.15. The number of halogens is 1. The van der Waals surface area contributed by atoms with Gasteiger partial charge < -0.3 is 10.6 Å². The smallest absolute Gasteiger partial charge is 0.272 e. The second kappa shape index (κ2) is 8.79. The topological polar surface area (TPSA) is 58.2 Å². The van der Waals surface area contributed by atoms with Gasteiger partial charge >= 0.3 is 0 Å². The second-order valence-corrected chi connectivity index (χ2v) is 7.72. The molecule has 3 aromatic rings. The molecule has 0 aliphatic rings. The van der Waals surface area contributed by atoms with Crippen LogP contribution < -0.4 is 10.6 Å². The van der Waals surface area contributed by atoms with Crippen LogP contribution in [0, 0.1) is 6.92 Å². The van der Waals surface area contributed by atoms with Crippen molar-refractivity contribution in [3.05, 3.63) is 92.2 Å². The Hall–Kier alpha value is -2.70. The average Bonchev–Trinajstić information content (AvgIpc) is 3.19. The van der Waals surface area contributed by atoms with E-state index in [-0.39, 0.29) is 17.5 Å². The van der Waals surface area contributed by atoms with Crippen molar-refractivity contribution in [2.45, 2.75) is 6.92 Å². The lowest BCUT2D eigenvalue weighted by atomic mass is 10.1. The molecule has 27 heavy (non-hydrogen) atoms. The van der Waals surface area contributed by atoms with E-state index >= 15 is 0 Å². The molecule has 6 heteroatoms. The zero-order valence-electron chi connectivity index (χ0n) is 14.5. The number of amides is 2. The molecular weight excluding hydrogens is 424 g/mol. The Morgan fingerprint density at radius 1 is 1.00 bits per heavy atom. The van der Waals surface area contributed by atoms with E-state index < -0.39 is 0 Å². The number of carbonyl (C=O) groups is 2. The molecule has 2 amide bonds. The van der Waals surface area contributed by atoms with Gasteiger partial charge in [-0.1, -0.05) is 51.8 Å². The molecule has 136 valence electrons. The third-order valence-electron chi connectivity index (χ3n) is 3.73. The van der Waals surface area contributed by atoms with E-state index in [2.05, 4.69) is 26.6 Å². The molecule has 1 heterocycles. The number of aryl methyl sites for hydroxylation is 1. The fourth-order valence-electron chi connectivity index (χ4n) is 2.31. The van der Waals surface area contributed by atoms with Crippen molar-refractivity contribution in [1.29, 1.82) is 0 Å². The summed E-state index contributed by atoms with van der Waals surface area (Å²) < 4.78 is 0.938. The summed E-state index contributed by atoms with van der Waals surface area (Å²) >= 11 is 4.71. The average molecular weight is 441 g/mol. The Labute approximate surface area is 170 Å². The van der Waals surface area contributed by atoms with Crippen LogP contribution in [-0.4, -0.2) is 11.8 Å². The maximum atomic E-state index is 12.8. The summed E-state index contributed by atoms with van der Waals surface area (Å²) in [5.74, 6) is -0.695. The van der Waals surface area contributed by atoms with E-state index in [1.807, 2.05) is 60.8 Å². The van der Waals surface area contributed by atoms with Gasteiger partial charge in [-0.2, -0.15) is 0 Å². The summed E-state index contributed by atoms with van der Waals surface area (Å²) in [6.07, 6.45) is 1.65. The van der Waals surface area contributed by atoms with Crippen molar-refractivity contribution >= 4 is 50.8 Å². The van der Waals surface area contributed by atoms with E-state index in [1.54, 1.807) is 18.2 Å². The molecule has 0 aliphatic carbocycles. The summed E-state index contributed by atoms with van der Waals surface area (Å²) in [4.78, 5) is 25.7. The molecule has 0 radical (unpaired) electrons. The number of thiophene rings is 1. The molecule has 0 saturated heterocycles. The van der Waals surface area contributed by atoms with Crippen LogP contribution in [0.3, 0.4) is 0 Å². The van der Waals surface area contributed by atoms with Crippen LogP contribution in [0.25, 0.3) is 6.08 Å². The Morgan fingerprint density at radius 3 is 2.33 bits per heavy atom. The van der Waals surface area contributed by atoms with Crippen molar-refractivity contribution in [3.63, 3.8) is 0 Å². The van der Waals surface area contributed by atoms with Gasteiger partial charge in [0.05, 0.1) is 4.88 Å². The van der Waals surface area contributed by atoms with Gasteiger partial charge in [0.25, 0.3) is 11.8 Å². The van der Waals surface area contributed by atoms with E-state index in [0.29, 0.717) is 10.6 Å². The molecule has 0 atom stereocenters. The van der Waals surface area contributed by atoms with Gasteiger partial charge in [-0.15, -0.1) is 11.3 Å². The highest BCUT2D eigenvalue weighted by molar-refractivity contribution is 9.10. The van der Waals surface area contributed by atoms with Crippen molar-refractivity contribution < 1.29 is 9.59 Å². The van der Waals surface area contributed by atoms with Gasteiger partial charge in [0, 0.05) is 10.2 Å². The normalized spacial score (nSPS) is 11.1. The van der Waals surface area contributed by atoms with Crippen LogP contribution in [0.2, 0.25) is 0 Å². The van der Waals surface area contributed by atoms with Gasteiger partial charge in [0.15, 0.2) is 0 Å². The Balaban J connectivity index is 1.85. The first-order valence-corrected chi connectivity index (χ1v) is 9.89. The number of benzene rings is 2. The van der Waals surface area contributed by atoms with Gasteiger partial charge in [-0.3, -0.25) is 9.59 Å². The maximum absolute atomic E-state index is 12.8. The van der Waals surface area contributed by atoms with Crippen molar-refractivity contribution in [2.75, 3.05) is 5.32 Å². The summed E-state index contributed by atoms with van der Waals surface area (Å²) in [5, 5.41) is 7.37. The van der Waals surface area contributed by atoms with Crippen LogP contribution in [-0.2, 0) is 4.79 Å². The Kier molecular flexibility index (Phi) is 6.21. The van der Waals surface area contributed by atoms with E-state index in [1.165, 1.54) is 11.3 Å². The zero-order valence-corrected chi connectivity index (χ0v) is 16.9. The quantitative estimate of drug-likeness (QED) is 0.533. The first-order chi connectivity index (χ1) is 13.0. The fourth-order valence-corrected chi connectivity index (χ4v) is 3.19. The second-order valence-electron chi connectivity index (χ2n) is 5.86. The summed E-state index contributed by atoms with van der Waals surface area (Å²) in [6, 6.07) is 18.5. The largest absolute Gasteiger partial charge is 0.321 e. The number of hydrogen-bond acceptors (Lipinski definition) is 3. The molecule has 0 saturated carbocycles. The van der Waals surface area contributed by atoms with Gasteiger partial charge in [0.2, 0.25) is 0 Å². The zero-order chi connectivity index (χ0) is 19.2. The van der Waals surface area contributed by atoms with Crippen LogP contribution in [0.15, 0.2) is 76.2 Å². The molecule has 3 rings (SSSR count). The van der Waals surface area contributed by atoms with E-state index in [9.17, 15) is 9.59 Å². The first kappa shape index (κ1) is 19.1. The highest BCUT2D eigenvalue weighted by atomic mass is 79.9. The SMILES string of the molecule is Cc1ccc(NC(=O)/C(=C\c2ccc(Br)cc2)NC(=O)c2cccs2)cc1. The Bertz CT molecular complexity index is 962. The standard InChI is InChI=1S/C21H17BrN2O2S/c1-14-4-10-17(11-5-14)23-20(25)18(13-15-6-8-16(22)9-7-15)24-21(26)19-3-2-12-27-19/h2-13H,1H3,(H,23,25)(H,24,26)/b18-13+. The maximum Gasteiger partial charge on any atom is 0.272 e. The minimum absolute atomic E-state index is 0.177. The predicted octanol–water partition coefficient (Wildman–Crippen LogP) is 5.23. The molecule has 0 bridgehead atoms. The van der Waals surface area contributed by atoms with Crippen LogP contribution in [0.5, 0.6) is 0 Å². The molecular formula is C21H17BrN2O2S. The van der Waals surface area contributed by atoms with Crippen molar-refractivity contribution in [2.24, 2.45) is 0 Å². The van der Waals surface area contributed by atoms with Crippen LogP contribution >= 0.6 is 27.3 Å². The summed E-state index contributed by atoms with van der Waals surface area (Å²) in [6.45, 7) is 1.98.